The van der Waals surface area contributed by atoms with Gasteiger partial charge >= 0.3 is 0 Å². The highest BCUT2D eigenvalue weighted by atomic mass is 35.5. The minimum absolute atomic E-state index is 0. The number of rotatable bonds is 7. The van der Waals surface area contributed by atoms with Gasteiger partial charge in [-0.2, -0.15) is 0 Å². The Kier molecular flexibility index (Phi) is 4.31. The SMILES string of the molecule is Cl.O=C(CNCC1CC1)NC(C1CC1)C1CC1. The molecule has 0 unspecified atom stereocenters. The van der Waals surface area contributed by atoms with E-state index in [2.05, 4.69) is 10.6 Å². The maximum atomic E-state index is 11.7. The van der Waals surface area contributed by atoms with Gasteiger partial charge in [-0.25, -0.2) is 0 Å². The van der Waals surface area contributed by atoms with Gasteiger partial charge in [-0.1, -0.05) is 0 Å². The van der Waals surface area contributed by atoms with Crippen molar-refractivity contribution in [2.75, 3.05) is 13.1 Å². The molecule has 0 saturated heterocycles. The first-order valence-corrected chi connectivity index (χ1v) is 6.83. The first-order chi connectivity index (χ1) is 7.83. The van der Waals surface area contributed by atoms with Gasteiger partial charge in [0.15, 0.2) is 0 Å². The zero-order chi connectivity index (χ0) is 11.0. The smallest absolute Gasteiger partial charge is 0.234 e. The summed E-state index contributed by atoms with van der Waals surface area (Å²) in [6, 6.07) is 0.509. The molecule has 0 radical (unpaired) electrons. The Balaban J connectivity index is 0.00000108. The number of amides is 1. The van der Waals surface area contributed by atoms with Crippen molar-refractivity contribution in [3.05, 3.63) is 0 Å². The van der Waals surface area contributed by atoms with E-state index in [0.29, 0.717) is 12.6 Å². The Morgan fingerprint density at radius 3 is 2.12 bits per heavy atom. The van der Waals surface area contributed by atoms with Crippen molar-refractivity contribution in [3.63, 3.8) is 0 Å². The van der Waals surface area contributed by atoms with Crippen molar-refractivity contribution in [2.45, 2.75) is 44.6 Å². The summed E-state index contributed by atoms with van der Waals surface area (Å²) in [5.41, 5.74) is 0. The second-order valence-electron chi connectivity index (χ2n) is 5.84. The fourth-order valence-electron chi connectivity index (χ4n) is 2.48. The number of carbonyl (C=O) groups excluding carboxylic acids is 1. The maximum absolute atomic E-state index is 11.7. The number of carbonyl (C=O) groups is 1. The van der Waals surface area contributed by atoms with Crippen LogP contribution in [0.25, 0.3) is 0 Å². The largest absolute Gasteiger partial charge is 0.352 e. The molecule has 0 atom stereocenters. The summed E-state index contributed by atoms with van der Waals surface area (Å²) < 4.78 is 0. The highest BCUT2D eigenvalue weighted by Crippen LogP contribution is 2.44. The Morgan fingerprint density at radius 2 is 1.65 bits per heavy atom. The Labute approximate surface area is 110 Å². The number of halogens is 1. The first kappa shape index (κ1) is 13.2. The van der Waals surface area contributed by atoms with E-state index in [1.165, 1.54) is 38.5 Å². The van der Waals surface area contributed by atoms with Gasteiger partial charge in [-0.15, -0.1) is 12.4 Å². The minimum Gasteiger partial charge on any atom is -0.352 e. The van der Waals surface area contributed by atoms with Crippen molar-refractivity contribution in [2.24, 2.45) is 17.8 Å². The van der Waals surface area contributed by atoms with Gasteiger partial charge in [0.2, 0.25) is 5.91 Å². The molecule has 0 bridgehead atoms. The lowest BCUT2D eigenvalue weighted by Gasteiger charge is -2.17. The van der Waals surface area contributed by atoms with Crippen LogP contribution in [0.1, 0.15) is 38.5 Å². The second-order valence-corrected chi connectivity index (χ2v) is 5.84. The predicted octanol–water partition coefficient (Wildman–Crippen LogP) is 1.71. The van der Waals surface area contributed by atoms with E-state index in [-0.39, 0.29) is 18.3 Å². The van der Waals surface area contributed by atoms with Gasteiger partial charge in [-0.05, 0) is 62.8 Å². The van der Waals surface area contributed by atoms with Crippen LogP contribution in [0, 0.1) is 17.8 Å². The van der Waals surface area contributed by atoms with E-state index < -0.39 is 0 Å². The van der Waals surface area contributed by atoms with Crippen molar-refractivity contribution in [3.8, 4) is 0 Å². The monoisotopic (exact) mass is 258 g/mol. The van der Waals surface area contributed by atoms with Crippen LogP contribution in [-0.2, 0) is 4.79 Å². The quantitative estimate of drug-likeness (QED) is 0.730. The molecule has 3 aliphatic rings. The zero-order valence-corrected chi connectivity index (χ0v) is 11.1. The molecule has 3 aliphatic carbocycles. The van der Waals surface area contributed by atoms with Gasteiger partial charge in [-0.3, -0.25) is 4.79 Å². The Hall–Kier alpha value is -0.280. The number of hydrogen-bond donors (Lipinski definition) is 2. The summed E-state index contributed by atoms with van der Waals surface area (Å²) >= 11 is 0. The molecule has 0 aliphatic heterocycles. The van der Waals surface area contributed by atoms with Gasteiger partial charge < -0.3 is 10.6 Å². The summed E-state index contributed by atoms with van der Waals surface area (Å²) in [6.45, 7) is 1.55. The predicted molar refractivity (Wildman–Crippen MR) is 70.2 cm³/mol. The van der Waals surface area contributed by atoms with Crippen LogP contribution in [0.2, 0.25) is 0 Å². The molecule has 0 spiro atoms. The van der Waals surface area contributed by atoms with E-state index in [9.17, 15) is 4.79 Å². The molecule has 3 nitrogen and oxygen atoms in total. The number of nitrogens with one attached hydrogen (secondary N) is 2. The third-order valence-corrected chi connectivity index (χ3v) is 4.00. The van der Waals surface area contributed by atoms with Crippen molar-refractivity contribution >= 4 is 18.3 Å². The van der Waals surface area contributed by atoms with E-state index in [1.807, 2.05) is 0 Å². The summed E-state index contributed by atoms with van der Waals surface area (Å²) in [4.78, 5) is 11.7. The third kappa shape index (κ3) is 4.14. The summed E-state index contributed by atoms with van der Waals surface area (Å²) in [6.07, 6.45) is 8.02. The fraction of sp³-hybridized carbons (Fsp3) is 0.923. The lowest BCUT2D eigenvalue weighted by molar-refractivity contribution is -0.121. The van der Waals surface area contributed by atoms with Gasteiger partial charge in [0.1, 0.15) is 0 Å². The first-order valence-electron chi connectivity index (χ1n) is 6.83. The normalized spacial score (nSPS) is 23.4. The topological polar surface area (TPSA) is 41.1 Å². The summed E-state index contributed by atoms with van der Waals surface area (Å²) in [7, 11) is 0. The molecular formula is C13H23ClN2O. The van der Waals surface area contributed by atoms with Crippen LogP contribution in [0.4, 0.5) is 0 Å². The third-order valence-electron chi connectivity index (χ3n) is 4.00. The van der Waals surface area contributed by atoms with Crippen LogP contribution in [-0.4, -0.2) is 25.0 Å². The molecule has 17 heavy (non-hydrogen) atoms. The average Bonchev–Trinajstić information content (AvgIpc) is 3.15. The molecule has 3 fully saturated rings. The van der Waals surface area contributed by atoms with Crippen molar-refractivity contribution in [1.82, 2.24) is 10.6 Å². The number of hydrogen-bond acceptors (Lipinski definition) is 2. The molecule has 1 amide bonds. The van der Waals surface area contributed by atoms with Crippen molar-refractivity contribution < 1.29 is 4.79 Å². The van der Waals surface area contributed by atoms with E-state index in [1.54, 1.807) is 0 Å². The molecule has 3 rings (SSSR count). The fourth-order valence-corrected chi connectivity index (χ4v) is 2.48. The van der Waals surface area contributed by atoms with Crippen LogP contribution in [0.15, 0.2) is 0 Å². The molecule has 98 valence electrons. The molecule has 2 N–H and O–H groups in total. The highest BCUT2D eigenvalue weighted by Gasteiger charge is 2.42. The van der Waals surface area contributed by atoms with E-state index >= 15 is 0 Å². The maximum Gasteiger partial charge on any atom is 0.234 e. The second kappa shape index (κ2) is 5.57. The molecule has 0 aromatic rings. The van der Waals surface area contributed by atoms with Crippen LogP contribution in [0.3, 0.4) is 0 Å². The van der Waals surface area contributed by atoms with Crippen LogP contribution >= 0.6 is 12.4 Å². The average molecular weight is 259 g/mol. The lowest BCUT2D eigenvalue weighted by Crippen LogP contribution is -2.43. The molecule has 0 aromatic heterocycles. The zero-order valence-electron chi connectivity index (χ0n) is 10.3. The van der Waals surface area contributed by atoms with Crippen LogP contribution < -0.4 is 10.6 Å². The Morgan fingerprint density at radius 1 is 1.06 bits per heavy atom. The molecular weight excluding hydrogens is 236 g/mol. The highest BCUT2D eigenvalue weighted by molar-refractivity contribution is 5.85. The molecule has 3 saturated carbocycles. The van der Waals surface area contributed by atoms with Gasteiger partial charge in [0.25, 0.3) is 0 Å². The van der Waals surface area contributed by atoms with Gasteiger partial charge in [0.05, 0.1) is 6.54 Å². The van der Waals surface area contributed by atoms with E-state index in [4.69, 9.17) is 0 Å². The van der Waals surface area contributed by atoms with Crippen LogP contribution in [0.5, 0.6) is 0 Å². The summed E-state index contributed by atoms with van der Waals surface area (Å²) in [5, 5.41) is 6.49. The standard InChI is InChI=1S/C13H22N2O.ClH/c16-12(8-14-7-9-1-2-9)15-13(10-3-4-10)11-5-6-11;/h9-11,13-14H,1-8H2,(H,15,16);1H. The molecule has 4 heteroatoms. The minimum atomic E-state index is 0. The van der Waals surface area contributed by atoms with Crippen molar-refractivity contribution in [1.29, 1.82) is 0 Å². The van der Waals surface area contributed by atoms with E-state index in [0.717, 1.165) is 24.3 Å². The lowest BCUT2D eigenvalue weighted by atomic mass is 10.1. The molecule has 0 aromatic carbocycles. The molecule has 0 heterocycles. The van der Waals surface area contributed by atoms with Gasteiger partial charge in [0, 0.05) is 6.04 Å². The summed E-state index contributed by atoms with van der Waals surface area (Å²) in [5.74, 6) is 2.68. The Bertz CT molecular complexity index is 261.